The van der Waals surface area contributed by atoms with Gasteiger partial charge < -0.3 is 5.41 Å². The van der Waals surface area contributed by atoms with Crippen molar-refractivity contribution < 1.29 is 26.2 Å². The average molecular weight is 381 g/mol. The van der Waals surface area contributed by atoms with E-state index in [1.165, 1.54) is 0 Å². The Kier molecular flexibility index (Phi) is 13.0. The maximum Gasteiger partial charge on any atom is 2.00 e. The molecule has 3 rings (SSSR count). The molecule has 2 aliphatic rings. The van der Waals surface area contributed by atoms with Crippen molar-refractivity contribution in [3.05, 3.63) is 106 Å². The molecule has 0 amide bonds. The number of hydrogen-bond donors (Lipinski definition) is 0. The van der Waals surface area contributed by atoms with Gasteiger partial charge in [0.15, 0.2) is 0 Å². The van der Waals surface area contributed by atoms with Gasteiger partial charge in [0.25, 0.3) is 0 Å². The fraction of sp³-hybridized carbons (Fsp3) is 0.190. The molecule has 0 unspecified atom stereocenters. The summed E-state index contributed by atoms with van der Waals surface area (Å²) in [6.45, 7) is 5.93. The normalized spacial score (nSPS) is 16.3. The molecule has 116 valence electrons. The summed E-state index contributed by atoms with van der Waals surface area (Å²) in [6.07, 6.45) is 20.0. The smallest absolute Gasteiger partial charge is 0.858 e. The number of nitrogens with zero attached hydrogens (tertiary/aromatic N) is 1. The van der Waals surface area contributed by atoms with Gasteiger partial charge >= 0.3 is 26.2 Å². The summed E-state index contributed by atoms with van der Waals surface area (Å²) in [4.78, 5) is 0. The van der Waals surface area contributed by atoms with Crippen LogP contribution in [-0.2, 0) is 26.2 Å². The predicted molar refractivity (Wildman–Crippen MR) is 95.2 cm³/mol. The third-order valence-electron chi connectivity index (χ3n) is 2.79. The van der Waals surface area contributed by atoms with Crippen LogP contribution >= 0.6 is 0 Å². The molecule has 2 aliphatic carbocycles. The first kappa shape index (κ1) is 22.8. The van der Waals surface area contributed by atoms with Gasteiger partial charge in [0, 0.05) is 0 Å². The first-order valence-corrected chi connectivity index (χ1v) is 7.38. The molecule has 1 aromatic carbocycles. The molecular weight excluding hydrogens is 357 g/mol. The van der Waals surface area contributed by atoms with Crippen molar-refractivity contribution in [2.75, 3.05) is 0 Å². The molecule has 0 aromatic heterocycles. The van der Waals surface area contributed by atoms with Crippen LogP contribution in [-0.4, -0.2) is 5.71 Å². The Bertz CT molecular complexity index is 372. The van der Waals surface area contributed by atoms with Crippen molar-refractivity contribution in [1.82, 2.24) is 0 Å². The Morgan fingerprint density at radius 3 is 1.43 bits per heavy atom. The summed E-state index contributed by atoms with van der Waals surface area (Å²) >= 11 is 0. The van der Waals surface area contributed by atoms with Gasteiger partial charge in [0.1, 0.15) is 0 Å². The second kappa shape index (κ2) is 13.1. The quantitative estimate of drug-likeness (QED) is 0.487. The van der Waals surface area contributed by atoms with Crippen LogP contribution in [0.2, 0.25) is 0 Å². The maximum absolute atomic E-state index is 9.74. The van der Waals surface area contributed by atoms with Crippen molar-refractivity contribution in [1.29, 1.82) is 0 Å². The van der Waals surface area contributed by atoms with E-state index in [0.717, 1.165) is 5.56 Å². The summed E-state index contributed by atoms with van der Waals surface area (Å²) in [6, 6.07) is 10.4. The van der Waals surface area contributed by atoms with E-state index in [1.807, 2.05) is 103 Å². The first-order chi connectivity index (χ1) is 10.5. The van der Waals surface area contributed by atoms with Crippen LogP contribution in [0.4, 0.5) is 0 Å². The largest absolute Gasteiger partial charge is 2.00 e. The molecule has 1 nitrogen and oxygen atoms in total. The Morgan fingerprint density at radius 1 is 0.783 bits per heavy atom. The van der Waals surface area contributed by atoms with Crippen LogP contribution in [0, 0.1) is 75.7 Å². The van der Waals surface area contributed by atoms with E-state index in [2.05, 4.69) is 6.07 Å². The fourth-order valence-corrected chi connectivity index (χ4v) is 1.59. The molecule has 0 spiro atoms. The Morgan fingerprint density at radius 2 is 1.17 bits per heavy atom. The van der Waals surface area contributed by atoms with E-state index < -0.39 is 0 Å². The SMILES string of the molecule is CC(C)(C)C(=[N-])c1[c-]cccc1.[CH]1[CH][CH][CH][CH]1.[CH]1[CH][CH][CH][CH]1.[Zr+2]. The summed E-state index contributed by atoms with van der Waals surface area (Å²) in [5, 5.41) is 9.74. The van der Waals surface area contributed by atoms with E-state index in [0.29, 0.717) is 5.71 Å². The minimum Gasteiger partial charge on any atom is -0.858 e. The summed E-state index contributed by atoms with van der Waals surface area (Å²) in [5.41, 5.74) is 0.978. The molecule has 0 heterocycles. The minimum atomic E-state index is -0.197. The third kappa shape index (κ3) is 11.0. The zero-order valence-electron chi connectivity index (χ0n) is 14.0. The van der Waals surface area contributed by atoms with Gasteiger partial charge in [-0.05, 0) is 64.2 Å². The molecule has 10 radical (unpaired) electrons. The third-order valence-corrected chi connectivity index (χ3v) is 2.79. The molecule has 23 heavy (non-hydrogen) atoms. The Hall–Kier alpha value is -0.227. The Labute approximate surface area is 163 Å². The van der Waals surface area contributed by atoms with Gasteiger partial charge in [0.05, 0.1) is 0 Å². The molecule has 0 bridgehead atoms. The van der Waals surface area contributed by atoms with Crippen LogP contribution in [0.3, 0.4) is 0 Å². The van der Waals surface area contributed by atoms with Crippen LogP contribution in [0.15, 0.2) is 24.3 Å². The second-order valence-electron chi connectivity index (χ2n) is 5.80. The van der Waals surface area contributed by atoms with Crippen molar-refractivity contribution >= 4 is 5.71 Å². The molecule has 1 aromatic rings. The molecule has 2 saturated carbocycles. The van der Waals surface area contributed by atoms with E-state index in [-0.39, 0.29) is 31.6 Å². The van der Waals surface area contributed by atoms with Crippen LogP contribution in [0.25, 0.3) is 5.41 Å². The maximum atomic E-state index is 9.74. The molecule has 0 saturated heterocycles. The fourth-order valence-electron chi connectivity index (χ4n) is 1.59. The zero-order valence-corrected chi connectivity index (χ0v) is 16.5. The first-order valence-electron chi connectivity index (χ1n) is 7.38. The van der Waals surface area contributed by atoms with E-state index in [9.17, 15) is 5.41 Å². The Balaban J connectivity index is 0.000000362. The summed E-state index contributed by atoms with van der Waals surface area (Å²) in [5.74, 6) is 0. The predicted octanol–water partition coefficient (Wildman–Crippen LogP) is 4.93. The van der Waals surface area contributed by atoms with Crippen LogP contribution in [0.1, 0.15) is 26.3 Å². The monoisotopic (exact) mass is 379 g/mol. The van der Waals surface area contributed by atoms with Gasteiger partial charge in [-0.25, -0.2) is 0 Å². The molecular formula is C21H23NZr. The van der Waals surface area contributed by atoms with Gasteiger partial charge in [-0.2, -0.15) is 5.56 Å². The molecule has 0 N–H and O–H groups in total. The zero-order chi connectivity index (χ0) is 16.3. The molecule has 2 fully saturated rings. The van der Waals surface area contributed by atoms with Crippen molar-refractivity contribution in [3.8, 4) is 0 Å². The molecule has 2 heteroatoms. The van der Waals surface area contributed by atoms with E-state index in [1.54, 1.807) is 6.07 Å². The van der Waals surface area contributed by atoms with Gasteiger partial charge in [-0.3, -0.25) is 5.71 Å². The van der Waals surface area contributed by atoms with E-state index in [4.69, 9.17) is 0 Å². The minimum absolute atomic E-state index is 0. The van der Waals surface area contributed by atoms with Crippen molar-refractivity contribution in [2.45, 2.75) is 20.8 Å². The number of benzene rings is 1. The van der Waals surface area contributed by atoms with Crippen molar-refractivity contribution in [2.24, 2.45) is 5.41 Å². The second-order valence-corrected chi connectivity index (χ2v) is 5.80. The number of rotatable bonds is 1. The topological polar surface area (TPSA) is 22.3 Å². The van der Waals surface area contributed by atoms with E-state index >= 15 is 0 Å². The van der Waals surface area contributed by atoms with Crippen LogP contribution in [0.5, 0.6) is 0 Å². The van der Waals surface area contributed by atoms with Crippen molar-refractivity contribution in [3.63, 3.8) is 0 Å². The summed E-state index contributed by atoms with van der Waals surface area (Å²) in [7, 11) is 0. The standard InChI is InChI=1S/C11H13N.2C5H5.Zr/c1-11(2,3)10(12)9-7-5-4-6-8-9;2*1-2-4-5-3-1;/h4-7H,1-3H3;2*1-5H;/q-2;;;+2. The van der Waals surface area contributed by atoms with Gasteiger partial charge in [-0.15, -0.1) is 30.3 Å². The van der Waals surface area contributed by atoms with Gasteiger partial charge in [0.2, 0.25) is 0 Å². The van der Waals surface area contributed by atoms with Crippen LogP contribution < -0.4 is 0 Å². The number of hydrogen-bond acceptors (Lipinski definition) is 0. The average Bonchev–Trinajstić information content (AvgIpc) is 3.24. The summed E-state index contributed by atoms with van der Waals surface area (Å²) < 4.78 is 0. The molecule has 0 aliphatic heterocycles. The van der Waals surface area contributed by atoms with Gasteiger partial charge in [-0.1, -0.05) is 26.2 Å². The molecule has 0 atom stereocenters.